The van der Waals surface area contributed by atoms with Crippen LogP contribution in [-0.4, -0.2) is 61.3 Å². The van der Waals surface area contributed by atoms with Crippen LogP contribution in [0.4, 0.5) is 9.59 Å². The number of ether oxygens (including phenoxy) is 5. The van der Waals surface area contributed by atoms with E-state index in [0.29, 0.717) is 18.4 Å². The lowest BCUT2D eigenvalue weighted by molar-refractivity contribution is -0.149. The van der Waals surface area contributed by atoms with Gasteiger partial charge in [-0.2, -0.15) is 0 Å². The minimum atomic E-state index is -1.12. The summed E-state index contributed by atoms with van der Waals surface area (Å²) in [5, 5.41) is 12.5. The van der Waals surface area contributed by atoms with Gasteiger partial charge in [0.15, 0.2) is 11.5 Å². The van der Waals surface area contributed by atoms with Crippen LogP contribution in [0.1, 0.15) is 59.4 Å². The number of hydrogen-bond acceptors (Lipinski definition) is 10. The summed E-state index contributed by atoms with van der Waals surface area (Å²) in [5.74, 6) is -1.53. The lowest BCUT2D eigenvalue weighted by atomic mass is 10.0. The Labute approximate surface area is 211 Å². The second-order valence-electron chi connectivity index (χ2n) is 8.58. The van der Waals surface area contributed by atoms with Crippen molar-refractivity contribution in [2.75, 3.05) is 19.8 Å². The molecule has 0 spiro atoms. The number of benzene rings is 1. The van der Waals surface area contributed by atoms with Crippen molar-refractivity contribution >= 4 is 24.2 Å². The summed E-state index contributed by atoms with van der Waals surface area (Å²) in [5.41, 5.74) is 0.479. The Morgan fingerprint density at radius 2 is 1.50 bits per heavy atom. The van der Waals surface area contributed by atoms with Gasteiger partial charge in [-0.1, -0.05) is 33.8 Å². The fourth-order valence-electron chi connectivity index (χ4n) is 2.89. The van der Waals surface area contributed by atoms with Gasteiger partial charge in [-0.05, 0) is 49.8 Å². The molecule has 0 amide bonds. The Hall–Kier alpha value is -3.34. The maximum atomic E-state index is 12.0. The van der Waals surface area contributed by atoms with Crippen LogP contribution >= 0.6 is 0 Å². The van der Waals surface area contributed by atoms with Crippen LogP contribution in [0.25, 0.3) is 0 Å². The molecule has 202 valence electrons. The first-order valence-electron chi connectivity index (χ1n) is 12.0. The lowest BCUT2D eigenvalue weighted by Gasteiger charge is -2.19. The number of carboxylic acids is 1. The molecule has 0 fully saturated rings. The summed E-state index contributed by atoms with van der Waals surface area (Å²) in [6.45, 7) is 9.52. The number of carboxylic acid groups (broad SMARTS) is 1. The maximum Gasteiger partial charge on any atom is 0.513 e. The molecule has 0 aliphatic rings. The molecule has 0 radical (unpaired) electrons. The fourth-order valence-corrected chi connectivity index (χ4v) is 2.89. The molecule has 2 N–H and O–H groups in total. The van der Waals surface area contributed by atoms with Crippen molar-refractivity contribution in [1.82, 2.24) is 5.32 Å². The average Bonchev–Trinajstić information content (AvgIpc) is 2.79. The number of nitrogens with one attached hydrogen (secondary N) is 1. The third kappa shape index (κ3) is 12.4. The zero-order chi connectivity index (χ0) is 27.1. The predicted octanol–water partition coefficient (Wildman–Crippen LogP) is 4.10. The molecule has 0 saturated heterocycles. The molecule has 0 aromatic heterocycles. The number of hydrogen-bond donors (Lipinski definition) is 2. The number of esters is 1. The van der Waals surface area contributed by atoms with E-state index in [1.54, 1.807) is 6.92 Å². The molecule has 2 atom stereocenters. The Morgan fingerprint density at radius 3 is 2.03 bits per heavy atom. The van der Waals surface area contributed by atoms with Gasteiger partial charge in [0.2, 0.25) is 0 Å². The number of aliphatic carboxylic acids is 1. The number of carbonyl (C=O) groups excluding carboxylic acids is 3. The standard InChI is InChI=1S/C25H37NO10/c1-6-10-32-24(30)35-20-9-8-18(14-21(20)36-25(31)33-11-7-2)13-19(23(28)29)26-15-17(5)34-22(27)12-16(3)4/h8-9,14,16-17,19,26H,6-7,10-13,15H2,1-5H3,(H,28,29)/t17?,19-/m0/s1. The quantitative estimate of drug-likeness (QED) is 0.199. The zero-order valence-corrected chi connectivity index (χ0v) is 21.5. The van der Waals surface area contributed by atoms with Gasteiger partial charge in [0.25, 0.3) is 0 Å². The van der Waals surface area contributed by atoms with Gasteiger partial charge in [-0.3, -0.25) is 9.59 Å². The van der Waals surface area contributed by atoms with Crippen LogP contribution in [0, 0.1) is 5.92 Å². The van der Waals surface area contributed by atoms with E-state index in [2.05, 4.69) is 5.32 Å². The summed E-state index contributed by atoms with van der Waals surface area (Å²) in [6.07, 6.45) is -1.04. The monoisotopic (exact) mass is 511 g/mol. The van der Waals surface area contributed by atoms with Gasteiger partial charge in [0, 0.05) is 13.0 Å². The van der Waals surface area contributed by atoms with Crippen molar-refractivity contribution in [1.29, 1.82) is 0 Å². The Morgan fingerprint density at radius 1 is 0.917 bits per heavy atom. The number of carbonyl (C=O) groups is 4. The summed E-state index contributed by atoms with van der Waals surface area (Å²) in [6, 6.07) is 3.27. The highest BCUT2D eigenvalue weighted by Crippen LogP contribution is 2.30. The molecule has 11 heteroatoms. The molecule has 0 bridgehead atoms. The average molecular weight is 512 g/mol. The third-order valence-electron chi connectivity index (χ3n) is 4.54. The van der Waals surface area contributed by atoms with Crippen LogP contribution < -0.4 is 14.8 Å². The van der Waals surface area contributed by atoms with Gasteiger partial charge in [0.1, 0.15) is 12.1 Å². The van der Waals surface area contributed by atoms with Crippen molar-refractivity contribution in [3.05, 3.63) is 23.8 Å². The molecule has 1 aromatic rings. The van der Waals surface area contributed by atoms with E-state index >= 15 is 0 Å². The van der Waals surface area contributed by atoms with E-state index in [1.165, 1.54) is 18.2 Å². The normalized spacial score (nSPS) is 12.4. The first-order chi connectivity index (χ1) is 17.0. The highest BCUT2D eigenvalue weighted by atomic mass is 16.7. The van der Waals surface area contributed by atoms with Crippen molar-refractivity contribution in [2.45, 2.75) is 72.4 Å². The van der Waals surface area contributed by atoms with E-state index in [-0.39, 0.29) is 56.0 Å². The Bertz CT molecular complexity index is 870. The number of rotatable bonds is 15. The highest BCUT2D eigenvalue weighted by molar-refractivity contribution is 5.74. The largest absolute Gasteiger partial charge is 0.513 e. The molecular formula is C25H37NO10. The Balaban J connectivity index is 2.94. The van der Waals surface area contributed by atoms with Gasteiger partial charge in [-0.15, -0.1) is 0 Å². The fraction of sp³-hybridized carbons (Fsp3) is 0.600. The molecule has 1 rings (SSSR count). The topological polar surface area (TPSA) is 147 Å². The molecule has 1 aromatic carbocycles. The first-order valence-corrected chi connectivity index (χ1v) is 12.0. The molecular weight excluding hydrogens is 474 g/mol. The molecule has 11 nitrogen and oxygen atoms in total. The van der Waals surface area contributed by atoms with Crippen LogP contribution in [0.15, 0.2) is 18.2 Å². The Kier molecular flexibility index (Phi) is 13.9. The van der Waals surface area contributed by atoms with Crippen LogP contribution in [0.5, 0.6) is 11.5 Å². The molecule has 0 aliphatic heterocycles. The molecule has 36 heavy (non-hydrogen) atoms. The smallest absolute Gasteiger partial charge is 0.480 e. The molecule has 0 aliphatic carbocycles. The van der Waals surface area contributed by atoms with Gasteiger partial charge in [0.05, 0.1) is 13.2 Å². The van der Waals surface area contributed by atoms with E-state index in [9.17, 15) is 24.3 Å². The maximum absolute atomic E-state index is 12.0. The first kappa shape index (κ1) is 30.7. The second kappa shape index (κ2) is 16.4. The van der Waals surface area contributed by atoms with Crippen molar-refractivity contribution < 1.29 is 48.0 Å². The van der Waals surface area contributed by atoms with Crippen molar-refractivity contribution in [2.24, 2.45) is 5.92 Å². The van der Waals surface area contributed by atoms with Crippen molar-refractivity contribution in [3.8, 4) is 11.5 Å². The molecule has 0 heterocycles. The minimum Gasteiger partial charge on any atom is -0.480 e. The zero-order valence-electron chi connectivity index (χ0n) is 21.5. The predicted molar refractivity (Wildman–Crippen MR) is 129 cm³/mol. The van der Waals surface area contributed by atoms with Crippen LogP contribution in [0.3, 0.4) is 0 Å². The molecule has 1 unspecified atom stereocenters. The lowest BCUT2D eigenvalue weighted by Crippen LogP contribution is -2.42. The third-order valence-corrected chi connectivity index (χ3v) is 4.54. The summed E-state index contributed by atoms with van der Waals surface area (Å²) in [4.78, 5) is 47.5. The summed E-state index contributed by atoms with van der Waals surface area (Å²) < 4.78 is 25.4. The van der Waals surface area contributed by atoms with Crippen LogP contribution in [-0.2, 0) is 30.2 Å². The van der Waals surface area contributed by atoms with Gasteiger partial charge in [-0.25, -0.2) is 9.59 Å². The highest BCUT2D eigenvalue weighted by Gasteiger charge is 2.22. The van der Waals surface area contributed by atoms with Crippen LogP contribution in [0.2, 0.25) is 0 Å². The van der Waals surface area contributed by atoms with Crippen molar-refractivity contribution in [3.63, 3.8) is 0 Å². The van der Waals surface area contributed by atoms with Gasteiger partial charge < -0.3 is 34.1 Å². The second-order valence-corrected chi connectivity index (χ2v) is 8.58. The van der Waals surface area contributed by atoms with E-state index < -0.39 is 30.4 Å². The summed E-state index contributed by atoms with van der Waals surface area (Å²) in [7, 11) is 0. The molecule has 0 saturated carbocycles. The van der Waals surface area contributed by atoms with E-state index in [4.69, 9.17) is 23.7 Å². The summed E-state index contributed by atoms with van der Waals surface area (Å²) >= 11 is 0. The van der Waals surface area contributed by atoms with Gasteiger partial charge >= 0.3 is 24.2 Å². The minimum absolute atomic E-state index is 0.00290. The van der Waals surface area contributed by atoms with E-state index in [1.807, 2.05) is 27.7 Å². The van der Waals surface area contributed by atoms with E-state index in [0.717, 1.165) is 0 Å². The SMILES string of the molecule is CCCOC(=O)Oc1ccc(C[C@H](NCC(C)OC(=O)CC(C)C)C(=O)O)cc1OC(=O)OCCC.